The fourth-order valence-electron chi connectivity index (χ4n) is 1.99. The first-order chi connectivity index (χ1) is 10.2. The highest BCUT2D eigenvalue weighted by molar-refractivity contribution is 9.10. The molecule has 1 N–H and O–H groups in total. The van der Waals surface area contributed by atoms with E-state index in [1.807, 2.05) is 36.1 Å². The van der Waals surface area contributed by atoms with Gasteiger partial charge in [-0.25, -0.2) is 0 Å². The first-order valence-corrected chi connectivity index (χ1v) is 7.72. The van der Waals surface area contributed by atoms with Gasteiger partial charge in [0.25, 0.3) is 0 Å². The zero-order valence-corrected chi connectivity index (χ0v) is 14.1. The number of aromatic nitrogens is 2. The van der Waals surface area contributed by atoms with E-state index in [9.17, 15) is 0 Å². The van der Waals surface area contributed by atoms with Crippen molar-refractivity contribution >= 4 is 21.6 Å². The van der Waals surface area contributed by atoms with Crippen molar-refractivity contribution in [3.63, 3.8) is 0 Å². The molecular formula is C15H20BrN3O2. The van der Waals surface area contributed by atoms with Crippen LogP contribution in [0.15, 0.2) is 29.0 Å². The van der Waals surface area contributed by atoms with E-state index in [0.29, 0.717) is 13.2 Å². The van der Waals surface area contributed by atoms with E-state index in [0.717, 1.165) is 33.8 Å². The highest BCUT2D eigenvalue weighted by Gasteiger charge is 2.11. The fourth-order valence-corrected chi connectivity index (χ4v) is 2.60. The van der Waals surface area contributed by atoms with Crippen LogP contribution in [0.4, 0.5) is 5.69 Å². The molecule has 0 saturated carbocycles. The summed E-state index contributed by atoms with van der Waals surface area (Å²) in [6, 6.07) is 4.01. The molecule has 0 saturated heterocycles. The summed E-state index contributed by atoms with van der Waals surface area (Å²) in [6.45, 7) is 6.17. The summed E-state index contributed by atoms with van der Waals surface area (Å²) >= 11 is 3.53. The van der Waals surface area contributed by atoms with Crippen molar-refractivity contribution in [3.05, 3.63) is 34.6 Å². The van der Waals surface area contributed by atoms with Gasteiger partial charge >= 0.3 is 0 Å². The van der Waals surface area contributed by atoms with Gasteiger partial charge in [0.15, 0.2) is 11.5 Å². The number of methoxy groups -OCH3 is 1. The summed E-state index contributed by atoms with van der Waals surface area (Å²) in [6.07, 6.45) is 3.81. The number of hydrogen-bond donors (Lipinski definition) is 1. The quantitative estimate of drug-likeness (QED) is 0.824. The van der Waals surface area contributed by atoms with Crippen molar-refractivity contribution in [3.8, 4) is 11.5 Å². The zero-order chi connectivity index (χ0) is 15.2. The summed E-state index contributed by atoms with van der Waals surface area (Å²) < 4.78 is 13.8. The van der Waals surface area contributed by atoms with Gasteiger partial charge in [0, 0.05) is 19.3 Å². The molecule has 21 heavy (non-hydrogen) atoms. The van der Waals surface area contributed by atoms with E-state index in [-0.39, 0.29) is 0 Å². The van der Waals surface area contributed by atoms with Crippen LogP contribution in [0.2, 0.25) is 0 Å². The van der Waals surface area contributed by atoms with Gasteiger partial charge < -0.3 is 14.8 Å². The van der Waals surface area contributed by atoms with E-state index in [1.165, 1.54) is 0 Å². The minimum Gasteiger partial charge on any atom is -0.493 e. The molecule has 0 aliphatic rings. The maximum atomic E-state index is 5.59. The molecule has 114 valence electrons. The smallest absolute Gasteiger partial charge is 0.175 e. The molecule has 1 aromatic carbocycles. The number of benzene rings is 1. The molecule has 2 aromatic rings. The third-order valence-corrected chi connectivity index (χ3v) is 3.62. The zero-order valence-electron chi connectivity index (χ0n) is 12.5. The third-order valence-electron chi connectivity index (χ3n) is 3.03. The average Bonchev–Trinajstić information content (AvgIpc) is 2.95. The van der Waals surface area contributed by atoms with E-state index in [4.69, 9.17) is 9.47 Å². The van der Waals surface area contributed by atoms with Gasteiger partial charge in [-0.15, -0.1) is 0 Å². The van der Waals surface area contributed by atoms with Crippen LogP contribution in [0, 0.1) is 0 Å². The van der Waals surface area contributed by atoms with Crippen molar-refractivity contribution in [1.29, 1.82) is 0 Å². The summed E-state index contributed by atoms with van der Waals surface area (Å²) in [4.78, 5) is 0. The second-order valence-electron chi connectivity index (χ2n) is 4.48. The molecule has 0 fully saturated rings. The second kappa shape index (κ2) is 7.36. The maximum Gasteiger partial charge on any atom is 0.175 e. The summed E-state index contributed by atoms with van der Waals surface area (Å²) in [5, 5.41) is 7.58. The Bertz CT molecular complexity index is 599. The van der Waals surface area contributed by atoms with Crippen molar-refractivity contribution < 1.29 is 9.47 Å². The van der Waals surface area contributed by atoms with Gasteiger partial charge in [-0.2, -0.15) is 5.10 Å². The number of halogens is 1. The van der Waals surface area contributed by atoms with Crippen molar-refractivity contribution in [2.75, 3.05) is 19.0 Å². The van der Waals surface area contributed by atoms with Crippen LogP contribution in [0.1, 0.15) is 19.4 Å². The normalized spacial score (nSPS) is 10.5. The van der Waals surface area contributed by atoms with Crippen LogP contribution in [-0.2, 0) is 13.1 Å². The van der Waals surface area contributed by atoms with E-state index in [2.05, 4.69) is 33.3 Å². The van der Waals surface area contributed by atoms with Gasteiger partial charge in [-0.3, -0.25) is 4.68 Å². The molecule has 0 spiro atoms. The molecule has 6 heteroatoms. The molecule has 0 amide bonds. The lowest BCUT2D eigenvalue weighted by atomic mass is 10.2. The molecule has 0 aliphatic heterocycles. The molecule has 2 rings (SSSR count). The Morgan fingerprint density at radius 3 is 2.76 bits per heavy atom. The Labute approximate surface area is 133 Å². The lowest BCUT2D eigenvalue weighted by Gasteiger charge is -2.13. The standard InChI is InChI=1S/C15H20BrN3O2/c1-4-19-10-12(9-18-19)17-8-11-6-13(16)15(21-5-2)14(7-11)20-3/h6-7,9-10,17H,4-5,8H2,1-3H3. The first-order valence-electron chi connectivity index (χ1n) is 6.93. The van der Waals surface area contributed by atoms with Gasteiger partial charge in [0.2, 0.25) is 0 Å². The predicted molar refractivity (Wildman–Crippen MR) is 87.1 cm³/mol. The summed E-state index contributed by atoms with van der Waals surface area (Å²) in [5.74, 6) is 1.47. The predicted octanol–water partition coefficient (Wildman–Crippen LogP) is 3.68. The summed E-state index contributed by atoms with van der Waals surface area (Å²) in [5.41, 5.74) is 2.10. The number of hydrogen-bond acceptors (Lipinski definition) is 4. The molecule has 0 aliphatic carbocycles. The van der Waals surface area contributed by atoms with Crippen LogP contribution < -0.4 is 14.8 Å². The molecule has 1 heterocycles. The van der Waals surface area contributed by atoms with E-state index in [1.54, 1.807) is 7.11 Å². The number of nitrogens with zero attached hydrogens (tertiary/aromatic N) is 2. The number of aryl methyl sites for hydroxylation is 1. The van der Waals surface area contributed by atoms with Crippen molar-refractivity contribution in [2.24, 2.45) is 0 Å². The van der Waals surface area contributed by atoms with Gasteiger partial charge in [0.1, 0.15) is 0 Å². The number of ether oxygens (including phenoxy) is 2. The second-order valence-corrected chi connectivity index (χ2v) is 5.33. The van der Waals surface area contributed by atoms with Gasteiger partial charge in [-0.1, -0.05) is 0 Å². The number of anilines is 1. The van der Waals surface area contributed by atoms with E-state index < -0.39 is 0 Å². The molecule has 1 aromatic heterocycles. The Kier molecular flexibility index (Phi) is 5.50. The highest BCUT2D eigenvalue weighted by atomic mass is 79.9. The van der Waals surface area contributed by atoms with Gasteiger partial charge in [0.05, 0.1) is 30.1 Å². The molecule has 0 atom stereocenters. The Morgan fingerprint density at radius 1 is 1.33 bits per heavy atom. The minimum absolute atomic E-state index is 0.600. The molecule has 0 bridgehead atoms. The number of rotatable bonds is 7. The first kappa shape index (κ1) is 15.7. The Hall–Kier alpha value is -1.69. The lowest BCUT2D eigenvalue weighted by molar-refractivity contribution is 0.308. The average molecular weight is 354 g/mol. The number of nitrogens with one attached hydrogen (secondary N) is 1. The van der Waals surface area contributed by atoms with Gasteiger partial charge in [-0.05, 0) is 47.5 Å². The fraction of sp³-hybridized carbons (Fsp3) is 0.400. The van der Waals surface area contributed by atoms with Crippen LogP contribution in [-0.4, -0.2) is 23.5 Å². The van der Waals surface area contributed by atoms with Crippen molar-refractivity contribution in [1.82, 2.24) is 9.78 Å². The third kappa shape index (κ3) is 3.91. The maximum absolute atomic E-state index is 5.59. The minimum atomic E-state index is 0.600. The SMILES string of the molecule is CCOc1c(Br)cc(CNc2cnn(CC)c2)cc1OC. The van der Waals surface area contributed by atoms with Crippen LogP contribution >= 0.6 is 15.9 Å². The van der Waals surface area contributed by atoms with Crippen LogP contribution in [0.25, 0.3) is 0 Å². The van der Waals surface area contributed by atoms with Crippen LogP contribution in [0.3, 0.4) is 0 Å². The monoisotopic (exact) mass is 353 g/mol. The van der Waals surface area contributed by atoms with Crippen molar-refractivity contribution in [2.45, 2.75) is 26.9 Å². The Balaban J connectivity index is 2.11. The molecule has 0 radical (unpaired) electrons. The van der Waals surface area contributed by atoms with E-state index >= 15 is 0 Å². The topological polar surface area (TPSA) is 48.3 Å². The summed E-state index contributed by atoms with van der Waals surface area (Å²) in [7, 11) is 1.65. The lowest BCUT2D eigenvalue weighted by Crippen LogP contribution is -2.02. The molecular weight excluding hydrogens is 334 g/mol. The molecule has 5 nitrogen and oxygen atoms in total. The largest absolute Gasteiger partial charge is 0.493 e. The van der Waals surface area contributed by atoms with Crippen LogP contribution in [0.5, 0.6) is 11.5 Å². The Morgan fingerprint density at radius 2 is 2.14 bits per heavy atom. The molecule has 0 unspecified atom stereocenters. The highest BCUT2D eigenvalue weighted by Crippen LogP contribution is 2.36.